The summed E-state index contributed by atoms with van der Waals surface area (Å²) in [5, 5.41) is 5.54. The minimum absolute atomic E-state index is 0.0383. The zero-order chi connectivity index (χ0) is 25.5. The van der Waals surface area contributed by atoms with Crippen LogP contribution in [0.3, 0.4) is 0 Å². The van der Waals surface area contributed by atoms with Crippen LogP contribution in [0.2, 0.25) is 5.02 Å². The number of amides is 1. The van der Waals surface area contributed by atoms with E-state index in [4.69, 9.17) is 11.6 Å². The van der Waals surface area contributed by atoms with Crippen molar-refractivity contribution < 1.29 is 4.79 Å². The Labute approximate surface area is 218 Å². The van der Waals surface area contributed by atoms with Gasteiger partial charge in [0.2, 0.25) is 0 Å². The first-order valence-corrected chi connectivity index (χ1v) is 12.9. The topological polar surface area (TPSA) is 79.6 Å². The first kappa shape index (κ1) is 25.5. The van der Waals surface area contributed by atoms with Crippen LogP contribution in [-0.2, 0) is 4.79 Å². The zero-order valence-electron chi connectivity index (χ0n) is 20.0. The Morgan fingerprint density at radius 1 is 1.06 bits per heavy atom. The van der Waals surface area contributed by atoms with Gasteiger partial charge in [-0.15, -0.1) is 0 Å². The molecular formula is C27H26ClN5O2S. The molecule has 9 heteroatoms. The summed E-state index contributed by atoms with van der Waals surface area (Å²) in [4.78, 5) is 32.6. The highest BCUT2D eigenvalue weighted by Gasteiger charge is 2.14. The van der Waals surface area contributed by atoms with Crippen LogP contribution in [0, 0.1) is 0 Å². The maximum atomic E-state index is 13.3. The molecule has 3 aromatic carbocycles. The second-order valence-electron chi connectivity index (χ2n) is 7.87. The summed E-state index contributed by atoms with van der Waals surface area (Å²) < 4.78 is 1.50. The number of halogens is 1. The molecule has 36 heavy (non-hydrogen) atoms. The highest BCUT2D eigenvalue weighted by Crippen LogP contribution is 2.22. The monoisotopic (exact) mass is 519 g/mol. The Bertz CT molecular complexity index is 1430. The van der Waals surface area contributed by atoms with E-state index in [9.17, 15) is 9.59 Å². The smallest absolute Gasteiger partial charge is 0.266 e. The Hall–Kier alpha value is -3.62. The number of hydrogen-bond donors (Lipinski definition) is 1. The average molecular weight is 520 g/mol. The van der Waals surface area contributed by atoms with E-state index in [1.165, 1.54) is 16.3 Å². The molecule has 1 amide bonds. The van der Waals surface area contributed by atoms with Gasteiger partial charge in [0, 0.05) is 23.8 Å². The van der Waals surface area contributed by atoms with E-state index in [-0.39, 0.29) is 17.2 Å². The number of hydrogen-bond acceptors (Lipinski definition) is 6. The predicted molar refractivity (Wildman–Crippen MR) is 149 cm³/mol. The SMILES string of the molecule is CCN(CC)c1ccc(/C=N/NC(=O)CSc2nc3ccccc3c(=O)n2-c2ccc(Cl)cc2)cc1. The number of benzene rings is 3. The molecule has 4 rings (SSSR count). The number of nitrogens with one attached hydrogen (secondary N) is 1. The van der Waals surface area contributed by atoms with Crippen LogP contribution in [0.5, 0.6) is 0 Å². The highest BCUT2D eigenvalue weighted by molar-refractivity contribution is 7.99. The molecule has 0 atom stereocenters. The lowest BCUT2D eigenvalue weighted by Crippen LogP contribution is -2.24. The first-order chi connectivity index (χ1) is 17.5. The summed E-state index contributed by atoms with van der Waals surface area (Å²) in [6, 6.07) is 22.1. The van der Waals surface area contributed by atoms with E-state index >= 15 is 0 Å². The number of aromatic nitrogens is 2. The minimum Gasteiger partial charge on any atom is -0.372 e. The molecule has 1 heterocycles. The number of carbonyl (C=O) groups is 1. The Morgan fingerprint density at radius 3 is 2.44 bits per heavy atom. The first-order valence-electron chi connectivity index (χ1n) is 11.6. The molecule has 0 fully saturated rings. The van der Waals surface area contributed by atoms with Crippen molar-refractivity contribution in [3.8, 4) is 5.69 Å². The molecule has 0 saturated carbocycles. The molecule has 0 aliphatic carbocycles. The van der Waals surface area contributed by atoms with Crippen molar-refractivity contribution in [1.82, 2.24) is 15.0 Å². The molecular weight excluding hydrogens is 494 g/mol. The van der Waals surface area contributed by atoms with Crippen LogP contribution >= 0.6 is 23.4 Å². The predicted octanol–water partition coefficient (Wildman–Crippen LogP) is 5.13. The third-order valence-electron chi connectivity index (χ3n) is 5.59. The van der Waals surface area contributed by atoms with Crippen molar-refractivity contribution in [2.24, 2.45) is 5.10 Å². The number of thioether (sulfide) groups is 1. The Balaban J connectivity index is 1.47. The third kappa shape index (κ3) is 5.95. The van der Waals surface area contributed by atoms with Gasteiger partial charge in [0.05, 0.1) is 28.6 Å². The summed E-state index contributed by atoms with van der Waals surface area (Å²) in [7, 11) is 0. The van der Waals surface area contributed by atoms with Crippen molar-refractivity contribution >= 4 is 52.1 Å². The van der Waals surface area contributed by atoms with Gasteiger partial charge in [0.25, 0.3) is 11.5 Å². The van der Waals surface area contributed by atoms with Crippen LogP contribution in [0.25, 0.3) is 16.6 Å². The number of anilines is 1. The molecule has 0 aliphatic rings. The lowest BCUT2D eigenvalue weighted by molar-refractivity contribution is -0.118. The van der Waals surface area contributed by atoms with E-state index in [0.29, 0.717) is 26.8 Å². The zero-order valence-corrected chi connectivity index (χ0v) is 21.6. The van der Waals surface area contributed by atoms with Gasteiger partial charge in [0.15, 0.2) is 5.16 Å². The molecule has 1 aromatic heterocycles. The van der Waals surface area contributed by atoms with Gasteiger partial charge in [-0.2, -0.15) is 5.10 Å². The molecule has 0 radical (unpaired) electrons. The van der Waals surface area contributed by atoms with Gasteiger partial charge >= 0.3 is 0 Å². The molecule has 4 aromatic rings. The summed E-state index contributed by atoms with van der Waals surface area (Å²) in [6.45, 7) is 6.12. The van der Waals surface area contributed by atoms with Crippen LogP contribution in [0.1, 0.15) is 19.4 Å². The minimum atomic E-state index is -0.305. The normalized spacial score (nSPS) is 11.2. The molecule has 184 valence electrons. The van der Waals surface area contributed by atoms with Crippen molar-refractivity contribution in [1.29, 1.82) is 0 Å². The lowest BCUT2D eigenvalue weighted by atomic mass is 10.2. The van der Waals surface area contributed by atoms with Gasteiger partial charge in [0.1, 0.15) is 0 Å². The Kier molecular flexibility index (Phi) is 8.40. The van der Waals surface area contributed by atoms with Crippen molar-refractivity contribution in [3.63, 3.8) is 0 Å². The standard InChI is InChI=1S/C27H26ClN5O2S/c1-3-32(4-2)21-13-9-19(10-14-21)17-29-31-25(34)18-36-27-30-24-8-6-5-7-23(24)26(35)33(27)22-15-11-20(28)12-16-22/h5-17H,3-4,18H2,1-2H3,(H,31,34)/b29-17+. The fourth-order valence-electron chi connectivity index (χ4n) is 3.73. The lowest BCUT2D eigenvalue weighted by Gasteiger charge is -2.20. The maximum absolute atomic E-state index is 13.3. The number of carbonyl (C=O) groups excluding carboxylic acids is 1. The number of nitrogens with zero attached hydrogens (tertiary/aromatic N) is 4. The fraction of sp³-hybridized carbons (Fsp3) is 0.185. The molecule has 7 nitrogen and oxygen atoms in total. The van der Waals surface area contributed by atoms with Crippen LogP contribution < -0.4 is 15.9 Å². The van der Waals surface area contributed by atoms with Crippen LogP contribution in [0.15, 0.2) is 87.8 Å². The molecule has 0 spiro atoms. The molecule has 1 N–H and O–H groups in total. The molecule has 0 bridgehead atoms. The van der Waals surface area contributed by atoms with Crippen molar-refractivity contribution in [2.45, 2.75) is 19.0 Å². The van der Waals surface area contributed by atoms with Crippen LogP contribution in [0.4, 0.5) is 5.69 Å². The quantitative estimate of drug-likeness (QED) is 0.143. The number of rotatable bonds is 9. The highest BCUT2D eigenvalue weighted by atomic mass is 35.5. The van der Waals surface area contributed by atoms with Gasteiger partial charge in [-0.3, -0.25) is 14.2 Å². The van der Waals surface area contributed by atoms with E-state index < -0.39 is 0 Å². The fourth-order valence-corrected chi connectivity index (χ4v) is 4.66. The average Bonchev–Trinajstić information content (AvgIpc) is 2.90. The largest absolute Gasteiger partial charge is 0.372 e. The van der Waals surface area contributed by atoms with E-state index in [2.05, 4.69) is 34.3 Å². The molecule has 0 unspecified atom stereocenters. The number of fused-ring (bicyclic) bond motifs is 1. The van der Waals surface area contributed by atoms with Crippen molar-refractivity contribution in [3.05, 3.63) is 93.7 Å². The van der Waals surface area contributed by atoms with E-state index in [1.54, 1.807) is 48.7 Å². The maximum Gasteiger partial charge on any atom is 0.266 e. The van der Waals surface area contributed by atoms with E-state index in [1.807, 2.05) is 30.3 Å². The third-order valence-corrected chi connectivity index (χ3v) is 6.78. The summed E-state index contributed by atoms with van der Waals surface area (Å²) in [5.74, 6) is -0.266. The molecule has 0 saturated heterocycles. The molecule has 0 aliphatic heterocycles. The van der Waals surface area contributed by atoms with Gasteiger partial charge in [-0.25, -0.2) is 10.4 Å². The second kappa shape index (κ2) is 11.9. The van der Waals surface area contributed by atoms with Gasteiger partial charge in [-0.1, -0.05) is 47.6 Å². The van der Waals surface area contributed by atoms with Gasteiger partial charge in [-0.05, 0) is 67.9 Å². The van der Waals surface area contributed by atoms with Gasteiger partial charge < -0.3 is 4.90 Å². The summed E-state index contributed by atoms with van der Waals surface area (Å²) in [5.41, 5.74) is 5.55. The summed E-state index contributed by atoms with van der Waals surface area (Å²) in [6.07, 6.45) is 1.60. The van der Waals surface area contributed by atoms with E-state index in [0.717, 1.165) is 24.3 Å². The number of para-hydroxylation sites is 1. The van der Waals surface area contributed by atoms with Crippen LogP contribution in [-0.4, -0.2) is 40.5 Å². The number of hydrazone groups is 1. The second-order valence-corrected chi connectivity index (χ2v) is 9.25. The summed E-state index contributed by atoms with van der Waals surface area (Å²) >= 11 is 7.19. The van der Waals surface area contributed by atoms with Crippen molar-refractivity contribution in [2.75, 3.05) is 23.7 Å². The Morgan fingerprint density at radius 2 is 1.75 bits per heavy atom.